The van der Waals surface area contributed by atoms with E-state index in [4.69, 9.17) is 9.47 Å². The van der Waals surface area contributed by atoms with Crippen LogP contribution in [0, 0.1) is 5.92 Å². The normalized spacial score (nSPS) is 15.2. The summed E-state index contributed by atoms with van der Waals surface area (Å²) in [5.41, 5.74) is 0.570. The van der Waals surface area contributed by atoms with Gasteiger partial charge in [-0.2, -0.15) is 0 Å². The van der Waals surface area contributed by atoms with Crippen LogP contribution < -0.4 is 14.2 Å². The molecule has 0 atom stereocenters. The van der Waals surface area contributed by atoms with Crippen LogP contribution in [0.4, 0.5) is 0 Å². The number of methoxy groups -OCH3 is 2. The van der Waals surface area contributed by atoms with Gasteiger partial charge in [0.25, 0.3) is 5.91 Å². The molecule has 0 unspecified atom stereocenters. The number of aromatic nitrogens is 1. The highest BCUT2D eigenvalue weighted by atomic mass is 32.2. The van der Waals surface area contributed by atoms with Crippen molar-refractivity contribution in [2.24, 2.45) is 5.92 Å². The first-order chi connectivity index (χ1) is 13.9. The number of nitrogens with zero attached hydrogens (tertiary/aromatic N) is 2. The van der Waals surface area contributed by atoms with Crippen molar-refractivity contribution in [2.75, 3.05) is 33.9 Å². The van der Waals surface area contributed by atoms with Crippen molar-refractivity contribution in [1.29, 1.82) is 0 Å². The second-order valence-corrected chi connectivity index (χ2v) is 8.61. The number of hydrogen-bond acceptors (Lipinski definition) is 6. The molecule has 1 aliphatic heterocycles. The van der Waals surface area contributed by atoms with Crippen LogP contribution in [0.2, 0.25) is 0 Å². The molecule has 1 aromatic heterocycles. The molecule has 1 fully saturated rings. The predicted octanol–water partition coefficient (Wildman–Crippen LogP) is 1.93. The number of benzene rings is 1. The first-order valence-electron chi connectivity index (χ1n) is 9.35. The van der Waals surface area contributed by atoms with Crippen molar-refractivity contribution >= 4 is 15.9 Å². The Morgan fingerprint density at radius 1 is 1.17 bits per heavy atom. The number of ether oxygens (including phenoxy) is 2. The zero-order valence-electron chi connectivity index (χ0n) is 16.5. The molecule has 1 amide bonds. The van der Waals surface area contributed by atoms with E-state index in [2.05, 4.69) is 9.71 Å². The Morgan fingerprint density at radius 2 is 1.90 bits per heavy atom. The largest absolute Gasteiger partial charge is 0.493 e. The minimum absolute atomic E-state index is 0.0394. The van der Waals surface area contributed by atoms with Crippen LogP contribution in [0.25, 0.3) is 0 Å². The van der Waals surface area contributed by atoms with E-state index in [-0.39, 0.29) is 16.7 Å². The van der Waals surface area contributed by atoms with Crippen LogP contribution in [0.3, 0.4) is 0 Å². The summed E-state index contributed by atoms with van der Waals surface area (Å²) >= 11 is 0. The SMILES string of the molecule is COc1ccc(S(=O)(=O)NCC2CCN(C(=O)c3cccnc3)CC2)cc1OC. The van der Waals surface area contributed by atoms with Crippen molar-refractivity contribution < 1.29 is 22.7 Å². The van der Waals surface area contributed by atoms with Crippen LogP contribution in [0.15, 0.2) is 47.6 Å². The van der Waals surface area contributed by atoms with Crippen molar-refractivity contribution in [1.82, 2.24) is 14.6 Å². The van der Waals surface area contributed by atoms with Crippen molar-refractivity contribution in [3.63, 3.8) is 0 Å². The van der Waals surface area contributed by atoms with Gasteiger partial charge in [-0.25, -0.2) is 13.1 Å². The summed E-state index contributed by atoms with van der Waals surface area (Å²) in [5.74, 6) is 0.958. The zero-order valence-corrected chi connectivity index (χ0v) is 17.3. The second kappa shape index (κ2) is 9.23. The summed E-state index contributed by atoms with van der Waals surface area (Å²) in [6.45, 7) is 1.51. The molecule has 2 aromatic rings. The molecule has 0 saturated carbocycles. The Balaban J connectivity index is 1.55. The lowest BCUT2D eigenvalue weighted by Gasteiger charge is -2.32. The monoisotopic (exact) mass is 419 g/mol. The molecule has 29 heavy (non-hydrogen) atoms. The highest BCUT2D eigenvalue weighted by molar-refractivity contribution is 7.89. The van der Waals surface area contributed by atoms with E-state index in [1.807, 2.05) is 0 Å². The van der Waals surface area contributed by atoms with Crippen molar-refractivity contribution in [2.45, 2.75) is 17.7 Å². The smallest absolute Gasteiger partial charge is 0.255 e. The summed E-state index contributed by atoms with van der Waals surface area (Å²) in [7, 11) is -0.708. The minimum Gasteiger partial charge on any atom is -0.493 e. The number of sulfonamides is 1. The third kappa shape index (κ3) is 5.04. The molecule has 3 rings (SSSR count). The Kier molecular flexibility index (Phi) is 6.71. The maximum atomic E-state index is 12.6. The lowest BCUT2D eigenvalue weighted by molar-refractivity contribution is 0.0691. The van der Waals surface area contributed by atoms with Crippen LogP contribution >= 0.6 is 0 Å². The van der Waals surface area contributed by atoms with Gasteiger partial charge in [0.05, 0.1) is 24.7 Å². The van der Waals surface area contributed by atoms with Gasteiger partial charge in [-0.1, -0.05) is 0 Å². The van der Waals surface area contributed by atoms with Gasteiger partial charge in [0.2, 0.25) is 10.0 Å². The molecule has 0 spiro atoms. The van der Waals surface area contributed by atoms with Gasteiger partial charge >= 0.3 is 0 Å². The fraction of sp³-hybridized carbons (Fsp3) is 0.400. The lowest BCUT2D eigenvalue weighted by Crippen LogP contribution is -2.41. The summed E-state index contributed by atoms with van der Waals surface area (Å²) in [6.07, 6.45) is 4.67. The van der Waals surface area contributed by atoms with Crippen LogP contribution in [-0.2, 0) is 10.0 Å². The molecule has 9 heteroatoms. The van der Waals surface area contributed by atoms with Crippen molar-refractivity contribution in [3.8, 4) is 11.5 Å². The fourth-order valence-electron chi connectivity index (χ4n) is 3.31. The zero-order chi connectivity index (χ0) is 20.9. The molecular weight excluding hydrogens is 394 g/mol. The van der Waals surface area contributed by atoms with Gasteiger partial charge in [0.1, 0.15) is 0 Å². The summed E-state index contributed by atoms with van der Waals surface area (Å²) in [6, 6.07) is 7.98. The van der Waals surface area contributed by atoms with E-state index in [0.717, 1.165) is 12.8 Å². The average Bonchev–Trinajstić information content (AvgIpc) is 2.77. The van der Waals surface area contributed by atoms with E-state index in [1.165, 1.54) is 26.4 Å². The van der Waals surface area contributed by atoms with E-state index < -0.39 is 10.0 Å². The highest BCUT2D eigenvalue weighted by Gasteiger charge is 2.25. The highest BCUT2D eigenvalue weighted by Crippen LogP contribution is 2.29. The van der Waals surface area contributed by atoms with E-state index in [9.17, 15) is 13.2 Å². The Labute approximate surface area is 170 Å². The molecule has 1 aromatic carbocycles. The lowest BCUT2D eigenvalue weighted by atomic mass is 9.97. The first kappa shape index (κ1) is 21.1. The van der Waals surface area contributed by atoms with Crippen molar-refractivity contribution in [3.05, 3.63) is 48.3 Å². The number of carbonyl (C=O) groups is 1. The number of amides is 1. The maximum absolute atomic E-state index is 12.6. The Bertz CT molecular complexity index is 942. The van der Waals surface area contributed by atoms with E-state index >= 15 is 0 Å². The molecule has 1 saturated heterocycles. The molecule has 156 valence electrons. The third-order valence-corrected chi connectivity index (χ3v) is 6.46. The third-order valence-electron chi connectivity index (χ3n) is 5.04. The molecule has 0 bridgehead atoms. The number of hydrogen-bond donors (Lipinski definition) is 1. The Hall–Kier alpha value is -2.65. The van der Waals surface area contributed by atoms with Crippen LogP contribution in [-0.4, -0.2) is 58.1 Å². The molecule has 0 aliphatic carbocycles. The summed E-state index contributed by atoms with van der Waals surface area (Å²) < 4.78 is 38.2. The first-order valence-corrected chi connectivity index (χ1v) is 10.8. The van der Waals surface area contributed by atoms with Gasteiger partial charge in [-0.05, 0) is 43.0 Å². The van der Waals surface area contributed by atoms with E-state index in [0.29, 0.717) is 36.7 Å². The molecule has 1 N–H and O–H groups in total. The number of likely N-dealkylation sites (tertiary alicyclic amines) is 1. The number of rotatable bonds is 7. The second-order valence-electron chi connectivity index (χ2n) is 6.85. The standard InChI is InChI=1S/C20H25N3O5S/c1-27-18-6-5-17(12-19(18)28-2)29(25,26)22-13-15-7-10-23(11-8-15)20(24)16-4-3-9-21-14-16/h3-6,9,12,14-15,22H,7-8,10-11,13H2,1-2H3. The molecule has 1 aliphatic rings. The summed E-state index contributed by atoms with van der Waals surface area (Å²) in [4.78, 5) is 18.4. The van der Waals surface area contributed by atoms with E-state index in [1.54, 1.807) is 35.5 Å². The quantitative estimate of drug-likeness (QED) is 0.736. The van der Waals surface area contributed by atoms with Gasteiger partial charge in [-0.3, -0.25) is 9.78 Å². The van der Waals surface area contributed by atoms with Crippen LogP contribution in [0.1, 0.15) is 23.2 Å². The summed E-state index contributed by atoms with van der Waals surface area (Å²) in [5, 5.41) is 0. The average molecular weight is 420 g/mol. The van der Waals surface area contributed by atoms with Crippen LogP contribution in [0.5, 0.6) is 11.5 Å². The van der Waals surface area contributed by atoms with Gasteiger partial charge in [0.15, 0.2) is 11.5 Å². The number of piperidine rings is 1. The number of nitrogens with one attached hydrogen (secondary N) is 1. The number of pyridine rings is 1. The minimum atomic E-state index is -3.66. The Morgan fingerprint density at radius 3 is 2.52 bits per heavy atom. The maximum Gasteiger partial charge on any atom is 0.255 e. The molecule has 8 nitrogen and oxygen atoms in total. The fourth-order valence-corrected chi connectivity index (χ4v) is 4.44. The van der Waals surface area contributed by atoms with Gasteiger partial charge < -0.3 is 14.4 Å². The molecule has 0 radical (unpaired) electrons. The predicted molar refractivity (Wildman–Crippen MR) is 108 cm³/mol. The van der Waals surface area contributed by atoms with Gasteiger partial charge in [-0.15, -0.1) is 0 Å². The topological polar surface area (TPSA) is 97.8 Å². The number of carbonyl (C=O) groups excluding carboxylic acids is 1. The molecule has 2 heterocycles. The van der Waals surface area contributed by atoms with Gasteiger partial charge in [0, 0.05) is 38.1 Å². The molecular formula is C20H25N3O5S.